The van der Waals surface area contributed by atoms with Crippen LogP contribution >= 0.6 is 0 Å². The molecule has 1 saturated heterocycles. The fraction of sp³-hybridized carbons (Fsp3) is 0.353. The number of nitrogens with zero attached hydrogens (tertiary/aromatic N) is 1. The number of nitrogens with one attached hydrogen (secondary N) is 1. The number of carbonyl (C=O) groups is 5. The Kier molecular flexibility index (Phi) is 6.77. The molecule has 0 spiro atoms. The largest absolute Gasteiger partial charge is 0.491 e. The molecular formula is C17H16F3N3O7. The van der Waals surface area contributed by atoms with Crippen LogP contribution in [0.5, 0.6) is 5.75 Å². The molecule has 4 N–H and O–H groups in total. The molecule has 162 valence electrons. The van der Waals surface area contributed by atoms with Gasteiger partial charge in [-0.15, -0.1) is 0 Å². The van der Waals surface area contributed by atoms with E-state index >= 15 is 0 Å². The van der Waals surface area contributed by atoms with E-state index in [1.54, 1.807) is 12.1 Å². The highest BCUT2D eigenvalue weighted by Crippen LogP contribution is 2.33. The number of nitrogens with two attached hydrogens (primary N) is 1. The number of imide groups is 2. The molecule has 2 aliphatic rings. The molecule has 0 bridgehead atoms. The van der Waals surface area contributed by atoms with Crippen molar-refractivity contribution >= 4 is 29.6 Å². The number of piperidine rings is 1. The van der Waals surface area contributed by atoms with E-state index in [0.717, 1.165) is 4.90 Å². The van der Waals surface area contributed by atoms with Crippen LogP contribution < -0.4 is 15.8 Å². The average molecular weight is 431 g/mol. The van der Waals surface area contributed by atoms with E-state index in [0.29, 0.717) is 0 Å². The number of rotatable bonds is 4. The fourth-order valence-electron chi connectivity index (χ4n) is 2.77. The Morgan fingerprint density at radius 3 is 2.40 bits per heavy atom. The Labute approximate surface area is 166 Å². The van der Waals surface area contributed by atoms with E-state index in [1.807, 2.05) is 0 Å². The second-order valence-corrected chi connectivity index (χ2v) is 6.07. The number of amides is 4. The van der Waals surface area contributed by atoms with Gasteiger partial charge in [0.25, 0.3) is 11.8 Å². The van der Waals surface area contributed by atoms with Crippen LogP contribution in [0.4, 0.5) is 13.2 Å². The van der Waals surface area contributed by atoms with Crippen molar-refractivity contribution in [3.05, 3.63) is 29.3 Å². The van der Waals surface area contributed by atoms with Gasteiger partial charge in [0, 0.05) is 13.0 Å². The van der Waals surface area contributed by atoms with E-state index in [1.165, 1.54) is 6.07 Å². The number of fused-ring (bicyclic) bond motifs is 1. The quantitative estimate of drug-likeness (QED) is 0.565. The van der Waals surface area contributed by atoms with Crippen LogP contribution in [0.2, 0.25) is 0 Å². The summed E-state index contributed by atoms with van der Waals surface area (Å²) in [6.07, 6.45) is -4.88. The van der Waals surface area contributed by atoms with E-state index in [2.05, 4.69) is 5.32 Å². The minimum Gasteiger partial charge on any atom is -0.491 e. The average Bonchev–Trinajstić information content (AvgIpc) is 2.91. The van der Waals surface area contributed by atoms with Crippen molar-refractivity contribution in [1.82, 2.24) is 10.2 Å². The van der Waals surface area contributed by atoms with Crippen LogP contribution in [-0.2, 0) is 14.4 Å². The molecule has 30 heavy (non-hydrogen) atoms. The maximum absolute atomic E-state index is 12.6. The Morgan fingerprint density at radius 1 is 1.23 bits per heavy atom. The van der Waals surface area contributed by atoms with Gasteiger partial charge >= 0.3 is 12.1 Å². The lowest BCUT2D eigenvalue weighted by atomic mass is 10.0. The molecule has 0 aliphatic carbocycles. The van der Waals surface area contributed by atoms with Gasteiger partial charge in [0.15, 0.2) is 0 Å². The molecular weight excluding hydrogens is 415 g/mol. The summed E-state index contributed by atoms with van der Waals surface area (Å²) in [5, 5.41) is 9.28. The van der Waals surface area contributed by atoms with Gasteiger partial charge in [-0.2, -0.15) is 13.2 Å². The molecule has 10 nitrogen and oxygen atoms in total. The van der Waals surface area contributed by atoms with E-state index in [9.17, 15) is 32.3 Å². The van der Waals surface area contributed by atoms with Crippen molar-refractivity contribution in [2.75, 3.05) is 13.2 Å². The summed E-state index contributed by atoms with van der Waals surface area (Å²) in [6.45, 7) is 0.471. The van der Waals surface area contributed by atoms with E-state index in [-0.39, 0.29) is 42.9 Å². The molecule has 4 amide bonds. The van der Waals surface area contributed by atoms with Gasteiger partial charge in [0.2, 0.25) is 11.8 Å². The molecule has 0 saturated carbocycles. The Hall–Kier alpha value is -3.48. The van der Waals surface area contributed by atoms with Crippen molar-refractivity contribution in [1.29, 1.82) is 0 Å². The number of carboxylic acids is 1. The molecule has 1 atom stereocenters. The van der Waals surface area contributed by atoms with Crippen LogP contribution in [-0.4, -0.2) is 65.0 Å². The maximum atomic E-state index is 12.6. The highest BCUT2D eigenvalue weighted by Gasteiger charge is 2.46. The van der Waals surface area contributed by atoms with Crippen LogP contribution in [0.25, 0.3) is 0 Å². The number of carboxylic acid groups (broad SMARTS) is 1. The first-order valence-corrected chi connectivity index (χ1v) is 8.46. The molecule has 0 radical (unpaired) electrons. The lowest BCUT2D eigenvalue weighted by Crippen LogP contribution is -2.54. The number of alkyl halides is 3. The third-order valence-corrected chi connectivity index (χ3v) is 4.05. The second-order valence-electron chi connectivity index (χ2n) is 6.07. The fourth-order valence-corrected chi connectivity index (χ4v) is 2.77. The standard InChI is InChI=1S/C15H15N3O5.C2HF3O2/c16-6-7-23-10-3-1-2-8-12(10)15(22)18(14(8)21)9-4-5-11(19)17-13(9)20;3-2(4,5)1(6)7/h1-3,9H,4-7,16H2,(H,17,19,20);(H,6,7). The van der Waals surface area contributed by atoms with Gasteiger partial charge in [0.1, 0.15) is 18.4 Å². The predicted molar refractivity (Wildman–Crippen MR) is 91.4 cm³/mol. The summed E-state index contributed by atoms with van der Waals surface area (Å²) in [4.78, 5) is 58.2. The van der Waals surface area contributed by atoms with Crippen LogP contribution in [0.15, 0.2) is 18.2 Å². The number of halogens is 3. The third kappa shape index (κ3) is 4.74. The molecule has 1 unspecified atom stereocenters. The smallest absolute Gasteiger partial charge is 0.490 e. The lowest BCUT2D eigenvalue weighted by molar-refractivity contribution is -0.192. The molecule has 0 aromatic heterocycles. The van der Waals surface area contributed by atoms with Crippen LogP contribution in [0.1, 0.15) is 33.6 Å². The number of benzene rings is 1. The summed E-state index contributed by atoms with van der Waals surface area (Å²) in [5.41, 5.74) is 5.71. The summed E-state index contributed by atoms with van der Waals surface area (Å²) in [7, 11) is 0. The molecule has 1 fully saturated rings. The van der Waals surface area contributed by atoms with Crippen molar-refractivity contribution in [2.24, 2.45) is 5.73 Å². The molecule has 2 aliphatic heterocycles. The normalized spacial score (nSPS) is 18.4. The number of hydrogen-bond donors (Lipinski definition) is 3. The lowest BCUT2D eigenvalue weighted by Gasteiger charge is -2.27. The number of carbonyl (C=O) groups excluding carboxylic acids is 4. The minimum absolute atomic E-state index is 0.0837. The molecule has 1 aromatic carbocycles. The van der Waals surface area contributed by atoms with Crippen molar-refractivity contribution in [3.8, 4) is 5.75 Å². The van der Waals surface area contributed by atoms with E-state index in [4.69, 9.17) is 20.4 Å². The summed E-state index contributed by atoms with van der Waals surface area (Å²) < 4.78 is 37.2. The Bertz CT molecular complexity index is 901. The first-order chi connectivity index (χ1) is 14.0. The number of aliphatic carboxylic acids is 1. The zero-order valence-corrected chi connectivity index (χ0v) is 15.2. The van der Waals surface area contributed by atoms with Crippen molar-refractivity contribution < 1.29 is 47.0 Å². The topological polar surface area (TPSA) is 156 Å². The monoisotopic (exact) mass is 431 g/mol. The van der Waals surface area contributed by atoms with Gasteiger partial charge in [-0.1, -0.05) is 6.07 Å². The zero-order chi connectivity index (χ0) is 22.6. The van der Waals surface area contributed by atoms with Gasteiger partial charge in [0.05, 0.1) is 11.1 Å². The molecule has 3 rings (SSSR count). The number of ether oxygens (including phenoxy) is 1. The second kappa shape index (κ2) is 8.90. The Morgan fingerprint density at radius 2 is 1.87 bits per heavy atom. The molecule has 1 aromatic rings. The molecule has 13 heteroatoms. The number of hydrogen-bond acceptors (Lipinski definition) is 7. The van der Waals surface area contributed by atoms with Crippen molar-refractivity contribution in [3.63, 3.8) is 0 Å². The maximum Gasteiger partial charge on any atom is 0.490 e. The Balaban J connectivity index is 0.000000396. The third-order valence-electron chi connectivity index (χ3n) is 4.05. The first-order valence-electron chi connectivity index (χ1n) is 8.46. The van der Waals surface area contributed by atoms with Gasteiger partial charge in [-0.3, -0.25) is 29.4 Å². The summed E-state index contributed by atoms with van der Waals surface area (Å²) in [5.74, 6) is -4.69. The van der Waals surface area contributed by atoms with Crippen molar-refractivity contribution in [2.45, 2.75) is 25.1 Å². The van der Waals surface area contributed by atoms with Crippen LogP contribution in [0.3, 0.4) is 0 Å². The molecule has 2 heterocycles. The van der Waals surface area contributed by atoms with Gasteiger partial charge in [-0.25, -0.2) is 4.79 Å². The summed E-state index contributed by atoms with van der Waals surface area (Å²) >= 11 is 0. The highest BCUT2D eigenvalue weighted by atomic mass is 19.4. The van der Waals surface area contributed by atoms with E-state index < -0.39 is 41.8 Å². The predicted octanol–water partition coefficient (Wildman–Crippen LogP) is 0.0586. The minimum atomic E-state index is -5.08. The summed E-state index contributed by atoms with van der Waals surface area (Å²) in [6, 6.07) is 3.70. The van der Waals surface area contributed by atoms with Gasteiger partial charge in [-0.05, 0) is 18.6 Å². The SMILES string of the molecule is NCCOc1cccc2c1C(=O)N(C1CCC(=O)NC1=O)C2=O.O=C(O)C(F)(F)F. The highest BCUT2D eigenvalue weighted by molar-refractivity contribution is 6.24. The van der Waals surface area contributed by atoms with Crippen LogP contribution in [0, 0.1) is 0 Å². The first kappa shape index (κ1) is 22.8. The van der Waals surface area contributed by atoms with Gasteiger partial charge < -0.3 is 15.6 Å². The zero-order valence-electron chi connectivity index (χ0n) is 15.2.